The first-order valence-corrected chi connectivity index (χ1v) is 9.09. The molecule has 0 bridgehead atoms. The molecule has 5 nitrogen and oxygen atoms in total. The first-order valence-electron chi connectivity index (χ1n) is 8.34. The lowest BCUT2D eigenvalue weighted by molar-refractivity contribution is -0.148. The zero-order valence-corrected chi connectivity index (χ0v) is 16.3. The largest absolute Gasteiger partial charge is 0.464 e. The third-order valence-corrected chi connectivity index (χ3v) is 5.05. The van der Waals surface area contributed by atoms with Gasteiger partial charge in [0.1, 0.15) is 0 Å². The number of hydrogen-bond acceptors (Lipinski definition) is 4. The highest BCUT2D eigenvalue weighted by Gasteiger charge is 2.54. The van der Waals surface area contributed by atoms with E-state index < -0.39 is 17.4 Å². The second kappa shape index (κ2) is 7.25. The van der Waals surface area contributed by atoms with Crippen LogP contribution in [0.1, 0.15) is 19.4 Å². The number of esters is 1. The molecule has 1 atom stereocenters. The molecular weight excluding hydrogens is 387 g/mol. The molecule has 27 heavy (non-hydrogen) atoms. The van der Waals surface area contributed by atoms with Crippen LogP contribution in [-0.4, -0.2) is 24.0 Å². The van der Waals surface area contributed by atoms with E-state index >= 15 is 0 Å². The minimum absolute atomic E-state index is 0.128. The Labute approximate surface area is 167 Å². The van der Waals surface area contributed by atoms with Crippen LogP contribution in [0.15, 0.2) is 54.2 Å². The van der Waals surface area contributed by atoms with Crippen molar-refractivity contribution in [3.05, 3.63) is 69.8 Å². The maximum Gasteiger partial charge on any atom is 0.338 e. The molecule has 2 aromatic rings. The van der Waals surface area contributed by atoms with E-state index in [1.807, 2.05) is 0 Å². The Kier molecular flexibility index (Phi) is 5.18. The summed E-state index contributed by atoms with van der Waals surface area (Å²) < 4.78 is 5.23. The molecule has 140 valence electrons. The van der Waals surface area contributed by atoms with Crippen molar-refractivity contribution in [3.8, 4) is 0 Å². The highest BCUT2D eigenvalue weighted by Crippen LogP contribution is 2.42. The molecule has 1 unspecified atom stereocenters. The van der Waals surface area contributed by atoms with Gasteiger partial charge in [0, 0.05) is 15.7 Å². The zero-order chi connectivity index (χ0) is 19.8. The summed E-state index contributed by atoms with van der Waals surface area (Å²) in [6.07, 6.45) is 0. The van der Waals surface area contributed by atoms with Gasteiger partial charge in [0.25, 0.3) is 5.91 Å². The van der Waals surface area contributed by atoms with Gasteiger partial charge in [-0.2, -0.15) is 0 Å². The molecule has 1 amide bonds. The summed E-state index contributed by atoms with van der Waals surface area (Å²) in [7, 11) is 0. The molecule has 0 saturated heterocycles. The minimum atomic E-state index is -1.48. The van der Waals surface area contributed by atoms with Crippen molar-refractivity contribution in [2.75, 3.05) is 11.5 Å². The second-order valence-corrected chi connectivity index (χ2v) is 7.08. The summed E-state index contributed by atoms with van der Waals surface area (Å²) in [6, 6.07) is 13.3. The molecule has 3 rings (SSSR count). The molecule has 0 fully saturated rings. The highest BCUT2D eigenvalue weighted by atomic mass is 35.5. The summed E-state index contributed by atoms with van der Waals surface area (Å²) in [5.74, 6) is -0.998. The van der Waals surface area contributed by atoms with Crippen LogP contribution < -0.4 is 10.6 Å². The predicted molar refractivity (Wildman–Crippen MR) is 107 cm³/mol. The molecule has 1 aliphatic rings. The van der Waals surface area contributed by atoms with Crippen molar-refractivity contribution in [2.24, 2.45) is 5.73 Å². The van der Waals surface area contributed by atoms with Crippen LogP contribution in [0.25, 0.3) is 5.57 Å². The van der Waals surface area contributed by atoms with Crippen LogP contribution in [0.5, 0.6) is 0 Å². The number of hydrogen-bond donors (Lipinski definition) is 1. The fraction of sp³-hybridized carbons (Fsp3) is 0.200. The van der Waals surface area contributed by atoms with E-state index in [0.717, 1.165) is 0 Å². The number of carbonyl (C=O) groups is 2. The average Bonchev–Trinajstić information content (AvgIpc) is 2.84. The van der Waals surface area contributed by atoms with E-state index in [-0.39, 0.29) is 17.9 Å². The van der Waals surface area contributed by atoms with Crippen molar-refractivity contribution in [2.45, 2.75) is 19.4 Å². The van der Waals surface area contributed by atoms with Gasteiger partial charge in [-0.05, 0) is 55.8 Å². The van der Waals surface area contributed by atoms with Crippen molar-refractivity contribution < 1.29 is 14.3 Å². The van der Waals surface area contributed by atoms with E-state index in [1.165, 1.54) is 4.90 Å². The van der Waals surface area contributed by atoms with Gasteiger partial charge in [-0.15, -0.1) is 0 Å². The number of nitrogens with zero attached hydrogens (tertiary/aromatic N) is 1. The van der Waals surface area contributed by atoms with E-state index in [0.29, 0.717) is 21.3 Å². The summed E-state index contributed by atoms with van der Waals surface area (Å²) in [6.45, 7) is 3.45. The van der Waals surface area contributed by atoms with Crippen LogP contribution in [-0.2, 0) is 14.3 Å². The van der Waals surface area contributed by atoms with Crippen molar-refractivity contribution in [3.63, 3.8) is 0 Å². The van der Waals surface area contributed by atoms with Gasteiger partial charge >= 0.3 is 5.97 Å². The third kappa shape index (κ3) is 3.17. The number of halogens is 2. The van der Waals surface area contributed by atoms with Gasteiger partial charge in [0.05, 0.1) is 17.9 Å². The molecule has 0 saturated carbocycles. The number of nitrogens with two attached hydrogens (primary N) is 1. The lowest BCUT2D eigenvalue weighted by Gasteiger charge is -2.34. The second-order valence-electron chi connectivity index (χ2n) is 6.21. The predicted octanol–water partition coefficient (Wildman–Crippen LogP) is 4.03. The Hall–Kier alpha value is -2.50. The molecule has 0 radical (unpaired) electrons. The number of amides is 1. The number of anilines is 1. The minimum Gasteiger partial charge on any atom is -0.464 e. The van der Waals surface area contributed by atoms with E-state index in [1.54, 1.807) is 62.4 Å². The van der Waals surface area contributed by atoms with Gasteiger partial charge < -0.3 is 10.5 Å². The number of ether oxygens (including phenoxy) is 1. The van der Waals surface area contributed by atoms with Crippen LogP contribution in [0.3, 0.4) is 0 Å². The van der Waals surface area contributed by atoms with Crippen LogP contribution in [0.2, 0.25) is 10.0 Å². The van der Waals surface area contributed by atoms with Crippen molar-refractivity contribution in [1.29, 1.82) is 0 Å². The molecule has 2 N–H and O–H groups in total. The number of rotatable bonds is 4. The van der Waals surface area contributed by atoms with Crippen molar-refractivity contribution in [1.82, 2.24) is 0 Å². The topological polar surface area (TPSA) is 72.6 Å². The Bertz CT molecular complexity index is 923. The van der Waals surface area contributed by atoms with Crippen molar-refractivity contribution >= 4 is 46.3 Å². The Balaban J connectivity index is 2.19. The van der Waals surface area contributed by atoms with E-state index in [4.69, 9.17) is 33.7 Å². The SMILES string of the molecule is CCOC(=O)C1(C)C(N)=C(c2ccc(Cl)cc2)C(=O)N1c1ccc(Cl)cc1. The summed E-state index contributed by atoms with van der Waals surface area (Å²) in [4.78, 5) is 27.5. The van der Waals surface area contributed by atoms with E-state index in [9.17, 15) is 9.59 Å². The standard InChI is InChI=1S/C20H18Cl2N2O3/c1-3-27-19(26)20(2)17(23)16(12-4-6-13(21)7-5-12)18(25)24(20)15-10-8-14(22)9-11-15/h4-11H,3,23H2,1-2H3. The summed E-state index contributed by atoms with van der Waals surface area (Å²) >= 11 is 11.9. The Morgan fingerprint density at radius 2 is 1.59 bits per heavy atom. The third-order valence-electron chi connectivity index (χ3n) is 4.55. The molecular formula is C20H18Cl2N2O3. The fourth-order valence-corrected chi connectivity index (χ4v) is 3.38. The smallest absolute Gasteiger partial charge is 0.338 e. The lowest BCUT2D eigenvalue weighted by atomic mass is 9.95. The maximum atomic E-state index is 13.3. The number of benzene rings is 2. The lowest BCUT2D eigenvalue weighted by Crippen LogP contribution is -2.54. The molecule has 2 aromatic carbocycles. The van der Waals surface area contributed by atoms with E-state index in [2.05, 4.69) is 0 Å². The number of carbonyl (C=O) groups excluding carboxylic acids is 2. The van der Waals surface area contributed by atoms with Crippen LogP contribution in [0, 0.1) is 0 Å². The van der Waals surface area contributed by atoms with Gasteiger partial charge in [0.15, 0.2) is 5.54 Å². The quantitative estimate of drug-likeness (QED) is 0.780. The maximum absolute atomic E-state index is 13.3. The Morgan fingerprint density at radius 1 is 1.07 bits per heavy atom. The first kappa shape index (κ1) is 19.3. The Morgan fingerprint density at radius 3 is 2.11 bits per heavy atom. The summed E-state index contributed by atoms with van der Waals surface area (Å²) in [5.41, 5.74) is 6.33. The van der Waals surface area contributed by atoms with Gasteiger partial charge in [0.2, 0.25) is 0 Å². The molecule has 0 spiro atoms. The first-order chi connectivity index (χ1) is 12.8. The molecule has 1 aliphatic heterocycles. The zero-order valence-electron chi connectivity index (χ0n) is 14.8. The average molecular weight is 405 g/mol. The normalized spacial score (nSPS) is 19.6. The summed E-state index contributed by atoms with van der Waals surface area (Å²) in [5, 5.41) is 1.05. The molecule has 1 heterocycles. The monoisotopic (exact) mass is 404 g/mol. The van der Waals surface area contributed by atoms with Crippen LogP contribution in [0.4, 0.5) is 5.69 Å². The van der Waals surface area contributed by atoms with Gasteiger partial charge in [-0.3, -0.25) is 9.69 Å². The molecule has 0 aromatic heterocycles. The molecule has 0 aliphatic carbocycles. The van der Waals surface area contributed by atoms with Crippen LogP contribution >= 0.6 is 23.2 Å². The highest BCUT2D eigenvalue weighted by molar-refractivity contribution is 6.34. The van der Waals surface area contributed by atoms with Gasteiger partial charge in [-0.25, -0.2) is 4.79 Å². The fourth-order valence-electron chi connectivity index (χ4n) is 3.13. The molecule has 7 heteroatoms. The van der Waals surface area contributed by atoms with Gasteiger partial charge in [-0.1, -0.05) is 35.3 Å².